The van der Waals surface area contributed by atoms with Gasteiger partial charge in [0.25, 0.3) is 11.8 Å². The van der Waals surface area contributed by atoms with E-state index in [0.29, 0.717) is 43.1 Å². The molecule has 2 heterocycles. The van der Waals surface area contributed by atoms with Crippen molar-refractivity contribution in [3.63, 3.8) is 0 Å². The van der Waals surface area contributed by atoms with Gasteiger partial charge in [0.15, 0.2) is 0 Å². The molecule has 0 radical (unpaired) electrons. The smallest absolute Gasteiger partial charge is 0.285 e. The monoisotopic (exact) mass is 440 g/mol. The van der Waals surface area contributed by atoms with Crippen molar-refractivity contribution in [2.24, 2.45) is 0 Å². The van der Waals surface area contributed by atoms with Crippen LogP contribution in [0, 0.1) is 0 Å². The lowest BCUT2D eigenvalue weighted by Gasteiger charge is -2.34. The fourth-order valence-corrected chi connectivity index (χ4v) is 3.08. The van der Waals surface area contributed by atoms with Gasteiger partial charge in [-0.25, -0.2) is 4.98 Å². The number of carbonyl (C=O) groups excluding carboxylic acids is 3. The first-order valence-electron chi connectivity index (χ1n) is 9.59. The Kier molecular flexibility index (Phi) is 7.53. The van der Waals surface area contributed by atoms with Crippen LogP contribution in [-0.2, 0) is 9.59 Å². The first kappa shape index (κ1) is 22.2. The Morgan fingerprint density at radius 2 is 1.45 bits per heavy atom. The molecule has 3 rings (SSSR count). The van der Waals surface area contributed by atoms with Crippen molar-refractivity contribution in [1.82, 2.24) is 19.4 Å². The number of hydroxylamine groups is 1. The second kappa shape index (κ2) is 10.5. The topological polar surface area (TPSA) is 94.1 Å². The second-order valence-electron chi connectivity index (χ2n) is 6.74. The summed E-state index contributed by atoms with van der Waals surface area (Å²) in [5.41, 5.74) is 1.64. The van der Waals surface area contributed by atoms with Crippen LogP contribution in [0.2, 0.25) is 0 Å². The zero-order chi connectivity index (χ0) is 22.2. The lowest BCUT2D eigenvalue weighted by Crippen LogP contribution is -2.50. The largest absolute Gasteiger partial charge is 0.336 e. The molecule has 1 saturated heterocycles. The van der Waals surface area contributed by atoms with Crippen LogP contribution in [-0.4, -0.2) is 68.5 Å². The first-order valence-corrected chi connectivity index (χ1v) is 9.93. The van der Waals surface area contributed by atoms with Crippen molar-refractivity contribution in [2.75, 3.05) is 26.2 Å². The molecule has 8 nitrogen and oxygen atoms in total. The fraction of sp³-hybridized carbons (Fsp3) is 0.182. The summed E-state index contributed by atoms with van der Waals surface area (Å²) >= 11 is 5.13. The standard InChI is InChI=1S/C22H21ClN4O4/c23-27(31)21(29)12-10-19-8-4-7-18(24-19)9-11-20(28)25-13-15-26(16-14-25)22(30)17-5-2-1-3-6-17/h1-12,31H,13-16H2/b11-9+,12-10+. The number of rotatable bonds is 5. The highest BCUT2D eigenvalue weighted by molar-refractivity contribution is 6.22. The molecule has 31 heavy (non-hydrogen) atoms. The summed E-state index contributed by atoms with van der Waals surface area (Å²) in [4.78, 5) is 44.0. The van der Waals surface area contributed by atoms with E-state index in [9.17, 15) is 14.4 Å². The van der Waals surface area contributed by atoms with Crippen LogP contribution in [0.5, 0.6) is 0 Å². The minimum atomic E-state index is -0.801. The molecule has 9 heteroatoms. The molecule has 1 fully saturated rings. The summed E-state index contributed by atoms with van der Waals surface area (Å²) in [7, 11) is 0. The zero-order valence-corrected chi connectivity index (χ0v) is 17.4. The molecule has 1 aliphatic rings. The van der Waals surface area contributed by atoms with Gasteiger partial charge in [-0.05, 0) is 36.4 Å². The van der Waals surface area contributed by atoms with Crippen LogP contribution in [0.1, 0.15) is 21.7 Å². The Labute approximate surface area is 184 Å². The number of pyridine rings is 1. The third-order valence-corrected chi connectivity index (χ3v) is 4.83. The molecular formula is C22H21ClN4O4. The van der Waals surface area contributed by atoms with Crippen LogP contribution in [0.3, 0.4) is 0 Å². The molecule has 0 atom stereocenters. The SMILES string of the molecule is O=C(/C=C/c1cccc(/C=C/C(=O)N2CCN(C(=O)c3ccccc3)CC2)n1)N(O)Cl. The van der Waals surface area contributed by atoms with Crippen molar-refractivity contribution >= 4 is 41.7 Å². The van der Waals surface area contributed by atoms with E-state index in [1.165, 1.54) is 12.2 Å². The van der Waals surface area contributed by atoms with Crippen molar-refractivity contribution in [3.8, 4) is 0 Å². The minimum absolute atomic E-state index is 0.0331. The molecule has 0 saturated carbocycles. The van der Waals surface area contributed by atoms with Crippen LogP contribution in [0.25, 0.3) is 12.2 Å². The number of amides is 3. The highest BCUT2D eigenvalue weighted by atomic mass is 35.5. The summed E-state index contributed by atoms with van der Waals surface area (Å²) in [5.74, 6) is -0.999. The Hall–Kier alpha value is -3.49. The van der Waals surface area contributed by atoms with Gasteiger partial charge in [0.05, 0.1) is 11.4 Å². The van der Waals surface area contributed by atoms with Crippen LogP contribution < -0.4 is 0 Å². The fourth-order valence-electron chi connectivity index (χ4n) is 3.03. The molecule has 0 aliphatic carbocycles. The molecule has 3 amide bonds. The molecule has 1 aromatic heterocycles. The third-order valence-electron chi connectivity index (χ3n) is 4.67. The Balaban J connectivity index is 1.55. The molecule has 1 N–H and O–H groups in total. The quantitative estimate of drug-likeness (QED) is 0.333. The second-order valence-corrected chi connectivity index (χ2v) is 7.06. The van der Waals surface area contributed by atoms with Crippen LogP contribution in [0.4, 0.5) is 0 Å². The summed E-state index contributed by atoms with van der Waals surface area (Å²) in [5, 5.41) is 8.83. The lowest BCUT2D eigenvalue weighted by molar-refractivity contribution is -0.140. The van der Waals surface area contributed by atoms with Gasteiger partial charge in [0.1, 0.15) is 0 Å². The normalized spacial score (nSPS) is 14.3. The van der Waals surface area contributed by atoms with Gasteiger partial charge in [-0.3, -0.25) is 19.6 Å². The number of carbonyl (C=O) groups is 3. The Morgan fingerprint density at radius 1 is 0.871 bits per heavy atom. The third kappa shape index (κ3) is 6.24. The van der Waals surface area contributed by atoms with Gasteiger partial charge >= 0.3 is 0 Å². The average molecular weight is 441 g/mol. The highest BCUT2D eigenvalue weighted by Crippen LogP contribution is 2.10. The van der Waals surface area contributed by atoms with Crippen molar-refractivity contribution in [1.29, 1.82) is 0 Å². The van der Waals surface area contributed by atoms with Crippen LogP contribution in [0.15, 0.2) is 60.7 Å². The number of halogens is 1. The summed E-state index contributed by atoms with van der Waals surface area (Å²) in [6.07, 6.45) is 5.49. The van der Waals surface area contributed by atoms with E-state index in [4.69, 9.17) is 17.0 Å². The molecule has 2 aromatic rings. The van der Waals surface area contributed by atoms with Crippen LogP contribution >= 0.6 is 11.8 Å². The van der Waals surface area contributed by atoms with E-state index in [-0.39, 0.29) is 16.4 Å². The molecule has 0 bridgehead atoms. The molecule has 1 aromatic carbocycles. The van der Waals surface area contributed by atoms with Crippen molar-refractivity contribution < 1.29 is 19.6 Å². The van der Waals surface area contributed by atoms with Gasteiger partial charge in [-0.2, -0.15) is 0 Å². The van der Waals surface area contributed by atoms with Gasteiger partial charge < -0.3 is 9.80 Å². The van der Waals surface area contributed by atoms with E-state index < -0.39 is 5.91 Å². The van der Waals surface area contributed by atoms with Crippen molar-refractivity contribution in [3.05, 3.63) is 77.6 Å². The van der Waals surface area contributed by atoms with Crippen molar-refractivity contribution in [2.45, 2.75) is 0 Å². The van der Waals surface area contributed by atoms with E-state index in [2.05, 4.69) is 4.98 Å². The predicted octanol–water partition coefficient (Wildman–Crippen LogP) is 2.46. The minimum Gasteiger partial charge on any atom is -0.336 e. The number of benzene rings is 1. The van der Waals surface area contributed by atoms with Gasteiger partial charge in [0, 0.05) is 55.7 Å². The van der Waals surface area contributed by atoms with E-state index in [1.807, 2.05) is 18.2 Å². The Morgan fingerprint density at radius 3 is 2.06 bits per heavy atom. The number of hydrogen-bond donors (Lipinski definition) is 1. The lowest BCUT2D eigenvalue weighted by atomic mass is 10.2. The molecular weight excluding hydrogens is 420 g/mol. The van der Waals surface area contributed by atoms with Gasteiger partial charge in [0.2, 0.25) is 5.91 Å². The number of piperazine rings is 1. The molecule has 0 unspecified atom stereocenters. The number of nitrogens with zero attached hydrogens (tertiary/aromatic N) is 4. The maximum absolute atomic E-state index is 12.5. The van der Waals surface area contributed by atoms with E-state index in [0.717, 1.165) is 6.08 Å². The Bertz CT molecular complexity index is 1000. The molecule has 0 spiro atoms. The van der Waals surface area contributed by atoms with E-state index in [1.54, 1.807) is 46.2 Å². The predicted molar refractivity (Wildman–Crippen MR) is 116 cm³/mol. The van der Waals surface area contributed by atoms with E-state index >= 15 is 0 Å². The van der Waals surface area contributed by atoms with Gasteiger partial charge in [-0.1, -0.05) is 24.3 Å². The summed E-state index contributed by atoms with van der Waals surface area (Å²) < 4.78 is -0.0495. The number of hydrogen-bond acceptors (Lipinski definition) is 5. The summed E-state index contributed by atoms with van der Waals surface area (Å²) in [6.45, 7) is 1.86. The number of aromatic nitrogens is 1. The molecule has 1 aliphatic heterocycles. The summed E-state index contributed by atoms with van der Waals surface area (Å²) in [6, 6.07) is 14.2. The highest BCUT2D eigenvalue weighted by Gasteiger charge is 2.23. The van der Waals surface area contributed by atoms with Gasteiger partial charge in [-0.15, -0.1) is 4.58 Å². The maximum atomic E-state index is 12.5. The average Bonchev–Trinajstić information content (AvgIpc) is 2.81. The maximum Gasteiger partial charge on any atom is 0.285 e. The zero-order valence-electron chi connectivity index (χ0n) is 16.6. The first-order chi connectivity index (χ1) is 14.9. The molecule has 160 valence electrons.